The lowest BCUT2D eigenvalue weighted by atomic mass is 10.1. The van der Waals surface area contributed by atoms with Crippen LogP contribution in [-0.2, 0) is 11.3 Å². The Hall–Kier alpha value is -0.620. The first-order chi connectivity index (χ1) is 9.73. The molecule has 0 aromatic heterocycles. The summed E-state index contributed by atoms with van der Waals surface area (Å²) >= 11 is 3.52. The zero-order valence-corrected chi connectivity index (χ0v) is 15.2. The smallest absolute Gasteiger partial charge is 0.0947 e. The van der Waals surface area contributed by atoms with Crippen LogP contribution in [0, 0.1) is 0 Å². The van der Waals surface area contributed by atoms with Crippen molar-refractivity contribution < 1.29 is 9.84 Å². The van der Waals surface area contributed by atoms with Gasteiger partial charge in [0.05, 0.1) is 12.7 Å². The standard InChI is InChI=1S/C16H27BrN2O2/c1-16(2,3)18-9-12-6-7-13(17)8-15(12)19(4)10-14(20)11-21-5/h6-8,14,18,20H,9-11H2,1-5H3. The van der Waals surface area contributed by atoms with E-state index in [4.69, 9.17) is 4.74 Å². The molecule has 1 aromatic rings. The highest BCUT2D eigenvalue weighted by molar-refractivity contribution is 9.10. The summed E-state index contributed by atoms with van der Waals surface area (Å²) in [6, 6.07) is 6.24. The first kappa shape index (κ1) is 18.4. The Morgan fingerprint density at radius 2 is 2.05 bits per heavy atom. The van der Waals surface area contributed by atoms with Gasteiger partial charge in [-0.05, 0) is 38.5 Å². The van der Waals surface area contributed by atoms with Gasteiger partial charge in [-0.15, -0.1) is 0 Å². The predicted molar refractivity (Wildman–Crippen MR) is 91.9 cm³/mol. The van der Waals surface area contributed by atoms with Crippen LogP contribution in [0.2, 0.25) is 0 Å². The zero-order chi connectivity index (χ0) is 16.0. The maximum Gasteiger partial charge on any atom is 0.0947 e. The summed E-state index contributed by atoms with van der Waals surface area (Å²) in [5.41, 5.74) is 2.38. The van der Waals surface area contributed by atoms with Crippen LogP contribution in [0.5, 0.6) is 0 Å². The molecule has 1 rings (SSSR count). The molecule has 0 bridgehead atoms. The van der Waals surface area contributed by atoms with Gasteiger partial charge in [-0.1, -0.05) is 22.0 Å². The third kappa shape index (κ3) is 6.78. The fraction of sp³-hybridized carbons (Fsp3) is 0.625. The van der Waals surface area contributed by atoms with Gasteiger partial charge in [-0.2, -0.15) is 0 Å². The Labute approximate surface area is 136 Å². The molecule has 0 fully saturated rings. The minimum Gasteiger partial charge on any atom is -0.389 e. The van der Waals surface area contributed by atoms with E-state index in [0.29, 0.717) is 13.2 Å². The van der Waals surface area contributed by atoms with Gasteiger partial charge in [0, 0.05) is 42.9 Å². The van der Waals surface area contributed by atoms with Crippen molar-refractivity contribution in [2.24, 2.45) is 0 Å². The second-order valence-electron chi connectivity index (χ2n) is 6.37. The molecule has 1 atom stereocenters. The first-order valence-electron chi connectivity index (χ1n) is 7.14. The van der Waals surface area contributed by atoms with Crippen LogP contribution in [0.4, 0.5) is 5.69 Å². The number of hydrogen-bond acceptors (Lipinski definition) is 4. The molecular formula is C16H27BrN2O2. The summed E-state index contributed by atoms with van der Waals surface area (Å²) in [7, 11) is 3.59. The molecule has 1 unspecified atom stereocenters. The van der Waals surface area contributed by atoms with Crippen LogP contribution < -0.4 is 10.2 Å². The predicted octanol–water partition coefficient (Wildman–Crippen LogP) is 2.78. The molecule has 0 heterocycles. The fourth-order valence-electron chi connectivity index (χ4n) is 2.06. The van der Waals surface area contributed by atoms with Crippen molar-refractivity contribution in [3.63, 3.8) is 0 Å². The number of benzene rings is 1. The van der Waals surface area contributed by atoms with E-state index in [1.165, 1.54) is 5.56 Å². The molecule has 0 amide bonds. The van der Waals surface area contributed by atoms with Crippen LogP contribution >= 0.6 is 15.9 Å². The molecule has 0 spiro atoms. The highest BCUT2D eigenvalue weighted by Gasteiger charge is 2.15. The fourth-order valence-corrected chi connectivity index (χ4v) is 2.41. The van der Waals surface area contributed by atoms with Crippen molar-refractivity contribution in [1.29, 1.82) is 0 Å². The molecule has 21 heavy (non-hydrogen) atoms. The van der Waals surface area contributed by atoms with Gasteiger partial charge in [0.1, 0.15) is 0 Å². The van der Waals surface area contributed by atoms with E-state index in [0.717, 1.165) is 16.7 Å². The molecule has 4 nitrogen and oxygen atoms in total. The minimum atomic E-state index is -0.498. The lowest BCUT2D eigenvalue weighted by Gasteiger charge is -2.27. The van der Waals surface area contributed by atoms with E-state index in [1.807, 2.05) is 13.1 Å². The second kappa shape index (κ2) is 8.13. The van der Waals surface area contributed by atoms with Crippen LogP contribution in [0.3, 0.4) is 0 Å². The van der Waals surface area contributed by atoms with Crippen molar-refractivity contribution in [1.82, 2.24) is 5.32 Å². The number of nitrogens with one attached hydrogen (secondary N) is 1. The molecule has 0 aliphatic rings. The molecule has 2 N–H and O–H groups in total. The van der Waals surface area contributed by atoms with Gasteiger partial charge >= 0.3 is 0 Å². The van der Waals surface area contributed by atoms with E-state index in [1.54, 1.807) is 7.11 Å². The summed E-state index contributed by atoms with van der Waals surface area (Å²) in [6.07, 6.45) is -0.498. The third-order valence-electron chi connectivity index (χ3n) is 3.11. The molecule has 5 heteroatoms. The van der Waals surface area contributed by atoms with Crippen molar-refractivity contribution in [3.05, 3.63) is 28.2 Å². The van der Waals surface area contributed by atoms with E-state index in [9.17, 15) is 5.11 Å². The Kier molecular flexibility index (Phi) is 7.13. The van der Waals surface area contributed by atoms with Gasteiger partial charge in [0.2, 0.25) is 0 Å². The van der Waals surface area contributed by atoms with E-state index in [2.05, 4.69) is 59.1 Å². The lowest BCUT2D eigenvalue weighted by Crippen LogP contribution is -2.36. The largest absolute Gasteiger partial charge is 0.389 e. The van der Waals surface area contributed by atoms with Crippen molar-refractivity contribution >= 4 is 21.6 Å². The molecule has 0 saturated heterocycles. The Bertz CT molecular complexity index is 446. The average Bonchev–Trinajstić information content (AvgIpc) is 2.36. The Morgan fingerprint density at radius 3 is 2.62 bits per heavy atom. The van der Waals surface area contributed by atoms with Crippen LogP contribution in [0.15, 0.2) is 22.7 Å². The van der Waals surface area contributed by atoms with Crippen LogP contribution in [0.25, 0.3) is 0 Å². The molecule has 120 valence electrons. The number of likely N-dealkylation sites (N-methyl/N-ethyl adjacent to an activating group) is 1. The summed E-state index contributed by atoms with van der Waals surface area (Å²) in [5.74, 6) is 0. The molecule has 0 radical (unpaired) electrons. The number of hydrogen-bond donors (Lipinski definition) is 2. The number of methoxy groups -OCH3 is 1. The van der Waals surface area contributed by atoms with Crippen molar-refractivity contribution in [3.8, 4) is 0 Å². The Balaban J connectivity index is 2.85. The number of nitrogens with zero attached hydrogens (tertiary/aromatic N) is 1. The van der Waals surface area contributed by atoms with Crippen LogP contribution in [0.1, 0.15) is 26.3 Å². The molecule has 0 aliphatic heterocycles. The monoisotopic (exact) mass is 358 g/mol. The summed E-state index contributed by atoms with van der Waals surface area (Å²) in [5, 5.41) is 13.4. The van der Waals surface area contributed by atoms with Gasteiger partial charge in [0.15, 0.2) is 0 Å². The van der Waals surface area contributed by atoms with Gasteiger partial charge in [-0.25, -0.2) is 0 Å². The van der Waals surface area contributed by atoms with E-state index < -0.39 is 6.10 Å². The lowest BCUT2D eigenvalue weighted by molar-refractivity contribution is 0.0695. The topological polar surface area (TPSA) is 44.7 Å². The quantitative estimate of drug-likeness (QED) is 0.786. The molecule has 1 aromatic carbocycles. The molecule has 0 aliphatic carbocycles. The number of anilines is 1. The summed E-state index contributed by atoms with van der Waals surface area (Å²) in [6.45, 7) is 8.12. The number of halogens is 1. The van der Waals surface area contributed by atoms with Crippen LogP contribution in [-0.4, -0.2) is 44.1 Å². The summed E-state index contributed by atoms with van der Waals surface area (Å²) in [4.78, 5) is 2.06. The highest BCUT2D eigenvalue weighted by Crippen LogP contribution is 2.25. The third-order valence-corrected chi connectivity index (χ3v) is 3.60. The second-order valence-corrected chi connectivity index (χ2v) is 7.28. The maximum absolute atomic E-state index is 9.91. The average molecular weight is 359 g/mol. The number of rotatable bonds is 7. The number of ether oxygens (including phenoxy) is 1. The number of aliphatic hydroxyl groups excluding tert-OH is 1. The summed E-state index contributed by atoms with van der Waals surface area (Å²) < 4.78 is 6.02. The zero-order valence-electron chi connectivity index (χ0n) is 13.6. The van der Waals surface area contributed by atoms with Crippen molar-refractivity contribution in [2.45, 2.75) is 39.0 Å². The van der Waals surface area contributed by atoms with Gasteiger partial charge in [-0.3, -0.25) is 0 Å². The minimum absolute atomic E-state index is 0.0679. The van der Waals surface area contributed by atoms with Crippen molar-refractivity contribution in [2.75, 3.05) is 32.2 Å². The normalized spacial score (nSPS) is 13.3. The Morgan fingerprint density at radius 1 is 1.38 bits per heavy atom. The highest BCUT2D eigenvalue weighted by atomic mass is 79.9. The molecule has 0 saturated carbocycles. The maximum atomic E-state index is 9.91. The van der Waals surface area contributed by atoms with Gasteiger partial charge in [0.25, 0.3) is 0 Å². The van der Waals surface area contributed by atoms with E-state index in [-0.39, 0.29) is 5.54 Å². The first-order valence-corrected chi connectivity index (χ1v) is 7.94. The van der Waals surface area contributed by atoms with Gasteiger partial charge < -0.3 is 20.1 Å². The van der Waals surface area contributed by atoms with E-state index >= 15 is 0 Å². The number of aliphatic hydroxyl groups is 1. The molecular weight excluding hydrogens is 332 g/mol. The SMILES string of the molecule is COCC(O)CN(C)c1cc(Br)ccc1CNC(C)(C)C.